The van der Waals surface area contributed by atoms with Crippen molar-refractivity contribution in [3.8, 4) is 0 Å². The van der Waals surface area contributed by atoms with E-state index < -0.39 is 0 Å². The molecule has 2 heterocycles. The van der Waals surface area contributed by atoms with Crippen LogP contribution in [0.15, 0.2) is 42.6 Å². The van der Waals surface area contributed by atoms with Gasteiger partial charge in [-0.05, 0) is 44.9 Å². The van der Waals surface area contributed by atoms with Gasteiger partial charge in [-0.15, -0.1) is 0 Å². The van der Waals surface area contributed by atoms with Crippen molar-refractivity contribution in [3.63, 3.8) is 0 Å². The van der Waals surface area contributed by atoms with E-state index >= 15 is 0 Å². The first-order valence-corrected chi connectivity index (χ1v) is 9.08. The Morgan fingerprint density at radius 3 is 2.48 bits per heavy atom. The number of pyridine rings is 1. The zero-order valence-electron chi connectivity index (χ0n) is 15.3. The molecule has 1 aliphatic carbocycles. The molecule has 0 unspecified atom stereocenters. The summed E-state index contributed by atoms with van der Waals surface area (Å²) in [5, 5.41) is 5.07. The number of nitrogens with zero attached hydrogens (tertiary/aromatic N) is 3. The van der Waals surface area contributed by atoms with E-state index in [0.29, 0.717) is 28.1 Å². The van der Waals surface area contributed by atoms with Crippen molar-refractivity contribution < 1.29 is 9.59 Å². The van der Waals surface area contributed by atoms with Gasteiger partial charge < -0.3 is 0 Å². The Kier molecular flexibility index (Phi) is 4.35. The van der Waals surface area contributed by atoms with Gasteiger partial charge in [-0.1, -0.05) is 18.2 Å². The van der Waals surface area contributed by atoms with Gasteiger partial charge in [-0.25, -0.2) is 9.67 Å². The van der Waals surface area contributed by atoms with E-state index in [1.165, 1.54) is 0 Å². The minimum Gasteiger partial charge on any atom is -0.267 e. The van der Waals surface area contributed by atoms with Gasteiger partial charge in [0.25, 0.3) is 11.8 Å². The molecule has 1 saturated carbocycles. The Bertz CT molecular complexity index is 1010. The van der Waals surface area contributed by atoms with Crippen LogP contribution >= 0.6 is 0 Å². The number of nitrogens with one attached hydrogen (secondary N) is 2. The number of rotatable bonds is 4. The smallest absolute Gasteiger partial charge is 0.267 e. The van der Waals surface area contributed by atoms with Crippen molar-refractivity contribution in [3.05, 3.63) is 59.4 Å². The number of hydrazine groups is 1. The van der Waals surface area contributed by atoms with Crippen molar-refractivity contribution in [2.75, 3.05) is 0 Å². The minimum atomic E-state index is -0.378. The van der Waals surface area contributed by atoms with Crippen LogP contribution in [0.25, 0.3) is 11.0 Å². The van der Waals surface area contributed by atoms with E-state index in [2.05, 4.69) is 16.0 Å². The average molecular weight is 363 g/mol. The molecule has 0 radical (unpaired) electrons. The molecule has 1 fully saturated rings. The molecule has 0 spiro atoms. The number of fused-ring (bicyclic) bond motifs is 1. The highest BCUT2D eigenvalue weighted by Gasteiger charge is 2.28. The lowest BCUT2D eigenvalue weighted by Crippen LogP contribution is -2.41. The molecule has 1 aliphatic rings. The summed E-state index contributed by atoms with van der Waals surface area (Å²) >= 11 is 0. The third-order valence-corrected chi connectivity index (χ3v) is 4.64. The summed E-state index contributed by atoms with van der Waals surface area (Å²) in [6.07, 6.45) is 3.83. The lowest BCUT2D eigenvalue weighted by atomic mass is 10.1. The van der Waals surface area contributed by atoms with Crippen LogP contribution in [-0.2, 0) is 0 Å². The van der Waals surface area contributed by atoms with Crippen molar-refractivity contribution >= 4 is 22.8 Å². The number of hydrogen-bond donors (Lipinski definition) is 2. The van der Waals surface area contributed by atoms with Crippen LogP contribution in [0.3, 0.4) is 0 Å². The number of amides is 2. The summed E-state index contributed by atoms with van der Waals surface area (Å²) in [4.78, 5) is 29.7. The van der Waals surface area contributed by atoms with Gasteiger partial charge in [0, 0.05) is 23.2 Å². The summed E-state index contributed by atoms with van der Waals surface area (Å²) in [5.41, 5.74) is 7.54. The van der Waals surface area contributed by atoms with Crippen LogP contribution in [0.2, 0.25) is 0 Å². The molecule has 0 bridgehead atoms. The zero-order chi connectivity index (χ0) is 19.0. The van der Waals surface area contributed by atoms with Gasteiger partial charge in [-0.3, -0.25) is 20.4 Å². The molecule has 27 heavy (non-hydrogen) atoms. The molecule has 1 aromatic carbocycles. The standard InChI is InChI=1S/C20H21N5O2/c1-12(2)25-18-16(11-21-25)15(10-17(22-18)13-8-9-13)20(27)24-23-19(26)14-6-4-3-5-7-14/h3-7,10-13H,8-9H2,1-2H3,(H,23,26)(H,24,27). The summed E-state index contributed by atoms with van der Waals surface area (Å²) in [6.45, 7) is 4.05. The molecule has 4 rings (SSSR count). The van der Waals surface area contributed by atoms with Crippen LogP contribution in [-0.4, -0.2) is 26.6 Å². The highest BCUT2D eigenvalue weighted by atomic mass is 16.2. The maximum Gasteiger partial charge on any atom is 0.270 e. The lowest BCUT2D eigenvalue weighted by molar-refractivity contribution is 0.0847. The molecule has 2 aromatic heterocycles. The normalized spacial score (nSPS) is 13.7. The Morgan fingerprint density at radius 1 is 1.11 bits per heavy atom. The summed E-state index contributed by atoms with van der Waals surface area (Å²) < 4.78 is 1.82. The number of hydrogen-bond acceptors (Lipinski definition) is 4. The fourth-order valence-electron chi connectivity index (χ4n) is 3.03. The summed E-state index contributed by atoms with van der Waals surface area (Å²) in [6, 6.07) is 10.7. The molecular weight excluding hydrogens is 342 g/mol. The fourth-order valence-corrected chi connectivity index (χ4v) is 3.03. The van der Waals surface area contributed by atoms with E-state index in [4.69, 9.17) is 4.98 Å². The highest BCUT2D eigenvalue weighted by molar-refractivity contribution is 6.06. The van der Waals surface area contributed by atoms with Crippen LogP contribution in [0.5, 0.6) is 0 Å². The maximum absolute atomic E-state index is 12.8. The number of carbonyl (C=O) groups is 2. The summed E-state index contributed by atoms with van der Waals surface area (Å²) in [5.74, 6) is -0.346. The maximum atomic E-state index is 12.8. The second-order valence-corrected chi connectivity index (χ2v) is 7.06. The highest BCUT2D eigenvalue weighted by Crippen LogP contribution is 2.40. The second kappa shape index (κ2) is 6.83. The van der Waals surface area contributed by atoms with Crippen molar-refractivity contribution in [1.29, 1.82) is 0 Å². The quantitative estimate of drug-likeness (QED) is 0.698. The largest absolute Gasteiger partial charge is 0.270 e. The van der Waals surface area contributed by atoms with Crippen LogP contribution in [0.1, 0.15) is 65.1 Å². The van der Waals surface area contributed by atoms with Gasteiger partial charge in [0.15, 0.2) is 5.65 Å². The Morgan fingerprint density at radius 2 is 1.81 bits per heavy atom. The number of carbonyl (C=O) groups excluding carboxylic acids is 2. The third-order valence-electron chi connectivity index (χ3n) is 4.64. The van der Waals surface area contributed by atoms with Crippen LogP contribution in [0, 0.1) is 0 Å². The second-order valence-electron chi connectivity index (χ2n) is 7.06. The molecular formula is C20H21N5O2. The van der Waals surface area contributed by atoms with E-state index in [1.807, 2.05) is 30.7 Å². The molecule has 3 aromatic rings. The number of aromatic nitrogens is 3. The Balaban J connectivity index is 1.62. The van der Waals surface area contributed by atoms with E-state index in [-0.39, 0.29) is 17.9 Å². The summed E-state index contributed by atoms with van der Waals surface area (Å²) in [7, 11) is 0. The molecule has 138 valence electrons. The lowest BCUT2D eigenvalue weighted by Gasteiger charge is -2.11. The molecule has 7 heteroatoms. The monoisotopic (exact) mass is 363 g/mol. The molecule has 0 saturated heterocycles. The predicted octanol–water partition coefficient (Wildman–Crippen LogP) is 2.96. The van der Waals surface area contributed by atoms with E-state index in [1.54, 1.807) is 30.5 Å². The van der Waals surface area contributed by atoms with Gasteiger partial charge >= 0.3 is 0 Å². The van der Waals surface area contributed by atoms with E-state index in [0.717, 1.165) is 18.5 Å². The predicted molar refractivity (Wildman–Crippen MR) is 101 cm³/mol. The van der Waals surface area contributed by atoms with Crippen LogP contribution in [0.4, 0.5) is 0 Å². The first-order valence-electron chi connectivity index (χ1n) is 9.08. The number of benzene rings is 1. The van der Waals surface area contributed by atoms with Gasteiger partial charge in [0.1, 0.15) is 0 Å². The van der Waals surface area contributed by atoms with Crippen LogP contribution < -0.4 is 10.9 Å². The van der Waals surface area contributed by atoms with Gasteiger partial charge in [0.05, 0.1) is 17.1 Å². The Hall–Kier alpha value is -3.22. The first-order chi connectivity index (χ1) is 13.0. The molecule has 2 amide bonds. The Labute approximate surface area is 156 Å². The van der Waals surface area contributed by atoms with Crippen molar-refractivity contribution in [2.45, 2.75) is 38.6 Å². The molecule has 2 N–H and O–H groups in total. The van der Waals surface area contributed by atoms with Crippen molar-refractivity contribution in [1.82, 2.24) is 25.6 Å². The molecule has 7 nitrogen and oxygen atoms in total. The third kappa shape index (κ3) is 3.40. The average Bonchev–Trinajstić information content (AvgIpc) is 3.44. The first kappa shape index (κ1) is 17.2. The molecule has 0 aliphatic heterocycles. The fraction of sp³-hybridized carbons (Fsp3) is 0.300. The SMILES string of the molecule is CC(C)n1ncc2c(C(=O)NNC(=O)c3ccccc3)cc(C3CC3)nc21. The van der Waals surface area contributed by atoms with Crippen molar-refractivity contribution in [2.24, 2.45) is 0 Å². The van der Waals surface area contributed by atoms with Gasteiger partial charge in [-0.2, -0.15) is 5.10 Å². The minimum absolute atomic E-state index is 0.137. The zero-order valence-corrected chi connectivity index (χ0v) is 15.3. The molecule has 0 atom stereocenters. The van der Waals surface area contributed by atoms with Gasteiger partial charge in [0.2, 0.25) is 0 Å². The topological polar surface area (TPSA) is 88.9 Å². The van der Waals surface area contributed by atoms with E-state index in [9.17, 15) is 9.59 Å².